The molecule has 128 valence electrons. The number of hydrogen-bond acceptors (Lipinski definition) is 5. The molecule has 0 spiro atoms. The lowest BCUT2D eigenvalue weighted by molar-refractivity contribution is -0.131. The number of ether oxygens (including phenoxy) is 3. The number of carbonyl (C=O) groups is 2. The van der Waals surface area contributed by atoms with E-state index in [1.165, 1.54) is 4.90 Å². The maximum Gasteiger partial charge on any atom is 0.411 e. The largest absolute Gasteiger partial charge is 0.444 e. The van der Waals surface area contributed by atoms with Gasteiger partial charge in [-0.05, 0) is 41.0 Å². The molecular weight excluding hydrogens is 286 g/mol. The second-order valence-electron chi connectivity index (χ2n) is 7.19. The van der Waals surface area contributed by atoms with E-state index in [0.29, 0.717) is 26.0 Å². The fourth-order valence-electron chi connectivity index (χ4n) is 2.10. The van der Waals surface area contributed by atoms with Crippen molar-refractivity contribution >= 4 is 11.9 Å². The first-order chi connectivity index (χ1) is 10.1. The summed E-state index contributed by atoms with van der Waals surface area (Å²) in [6.45, 7) is 10.3. The normalized spacial score (nSPS) is 19.9. The minimum absolute atomic E-state index is 0.0179. The van der Waals surface area contributed by atoms with Gasteiger partial charge in [0.25, 0.3) is 0 Å². The van der Waals surface area contributed by atoms with Crippen LogP contribution in [0.4, 0.5) is 4.79 Å². The summed E-state index contributed by atoms with van der Waals surface area (Å²) in [6.07, 6.45) is 0.481. The number of ketones is 1. The molecule has 0 aromatic rings. The molecule has 1 heterocycles. The summed E-state index contributed by atoms with van der Waals surface area (Å²) in [5.41, 5.74) is -0.942. The Morgan fingerprint density at radius 3 is 2.41 bits per heavy atom. The molecule has 0 aliphatic carbocycles. The van der Waals surface area contributed by atoms with E-state index in [0.717, 1.165) is 0 Å². The fraction of sp³-hybridized carbons (Fsp3) is 0.875. The molecule has 0 saturated carbocycles. The van der Waals surface area contributed by atoms with Crippen LogP contribution in [0.25, 0.3) is 0 Å². The molecule has 1 unspecified atom stereocenters. The zero-order valence-corrected chi connectivity index (χ0v) is 14.6. The van der Waals surface area contributed by atoms with E-state index in [2.05, 4.69) is 0 Å². The SMILES string of the molecule is COC(C)(C)CCC(=O)C1COCCN1C(=O)OC(C)(C)C. The van der Waals surface area contributed by atoms with Crippen molar-refractivity contribution in [2.45, 2.75) is 64.7 Å². The quantitative estimate of drug-likeness (QED) is 0.779. The maximum atomic E-state index is 12.5. The second kappa shape index (κ2) is 7.42. The minimum atomic E-state index is -0.582. The number of amides is 1. The highest BCUT2D eigenvalue weighted by Crippen LogP contribution is 2.20. The second-order valence-corrected chi connectivity index (χ2v) is 7.19. The first-order valence-corrected chi connectivity index (χ1v) is 7.71. The summed E-state index contributed by atoms with van der Waals surface area (Å²) in [7, 11) is 1.63. The van der Waals surface area contributed by atoms with Crippen molar-refractivity contribution in [2.75, 3.05) is 26.9 Å². The third-order valence-electron chi connectivity index (χ3n) is 3.65. The highest BCUT2D eigenvalue weighted by atomic mass is 16.6. The number of methoxy groups -OCH3 is 1. The van der Waals surface area contributed by atoms with E-state index in [1.807, 2.05) is 34.6 Å². The van der Waals surface area contributed by atoms with Crippen molar-refractivity contribution in [3.8, 4) is 0 Å². The number of Topliss-reactive ketones (excluding diaryl/α,β-unsaturated/α-hetero) is 1. The lowest BCUT2D eigenvalue weighted by Gasteiger charge is -2.36. The minimum Gasteiger partial charge on any atom is -0.444 e. The van der Waals surface area contributed by atoms with Crippen molar-refractivity contribution < 1.29 is 23.8 Å². The molecular formula is C16H29NO5. The maximum absolute atomic E-state index is 12.5. The molecule has 1 atom stereocenters. The van der Waals surface area contributed by atoms with Gasteiger partial charge in [-0.15, -0.1) is 0 Å². The standard InChI is InChI=1S/C16H29NO5/c1-15(2,3)22-14(19)17-9-10-21-11-12(17)13(18)7-8-16(4,5)20-6/h12H,7-11H2,1-6H3. The van der Waals surface area contributed by atoms with Gasteiger partial charge in [0.15, 0.2) is 5.78 Å². The molecule has 1 saturated heterocycles. The van der Waals surface area contributed by atoms with Crippen molar-refractivity contribution in [1.82, 2.24) is 4.90 Å². The Bertz CT molecular complexity index is 400. The summed E-state index contributed by atoms with van der Waals surface area (Å²) < 4.78 is 16.1. The molecule has 0 aromatic heterocycles. The highest BCUT2D eigenvalue weighted by molar-refractivity contribution is 5.87. The Morgan fingerprint density at radius 1 is 1.23 bits per heavy atom. The average Bonchev–Trinajstić information content (AvgIpc) is 2.43. The lowest BCUT2D eigenvalue weighted by atomic mass is 9.97. The van der Waals surface area contributed by atoms with Crippen LogP contribution in [0.5, 0.6) is 0 Å². The first-order valence-electron chi connectivity index (χ1n) is 7.71. The van der Waals surface area contributed by atoms with Crippen molar-refractivity contribution in [1.29, 1.82) is 0 Å². The number of hydrogen-bond donors (Lipinski definition) is 0. The van der Waals surface area contributed by atoms with Gasteiger partial charge in [-0.2, -0.15) is 0 Å². The molecule has 0 radical (unpaired) electrons. The van der Waals surface area contributed by atoms with Crippen LogP contribution in [0.3, 0.4) is 0 Å². The van der Waals surface area contributed by atoms with Gasteiger partial charge in [-0.1, -0.05) is 0 Å². The molecule has 22 heavy (non-hydrogen) atoms. The van der Waals surface area contributed by atoms with Crippen LogP contribution in [-0.2, 0) is 19.0 Å². The highest BCUT2D eigenvalue weighted by Gasteiger charge is 2.35. The molecule has 1 rings (SSSR count). The number of morpholine rings is 1. The van der Waals surface area contributed by atoms with Gasteiger partial charge in [0.1, 0.15) is 11.6 Å². The third kappa shape index (κ3) is 5.93. The van der Waals surface area contributed by atoms with E-state index in [-0.39, 0.29) is 18.0 Å². The van der Waals surface area contributed by atoms with Crippen LogP contribution in [0, 0.1) is 0 Å². The van der Waals surface area contributed by atoms with Crippen molar-refractivity contribution in [3.05, 3.63) is 0 Å². The smallest absolute Gasteiger partial charge is 0.411 e. The third-order valence-corrected chi connectivity index (χ3v) is 3.65. The number of rotatable bonds is 5. The summed E-state index contributed by atoms with van der Waals surface area (Å²) in [5.74, 6) is -0.0179. The molecule has 6 heteroatoms. The van der Waals surface area contributed by atoms with Crippen molar-refractivity contribution in [3.63, 3.8) is 0 Å². The molecule has 1 aliphatic rings. The average molecular weight is 315 g/mol. The monoisotopic (exact) mass is 315 g/mol. The number of carbonyl (C=O) groups excluding carboxylic acids is 2. The Morgan fingerprint density at radius 2 is 1.86 bits per heavy atom. The van der Waals surface area contributed by atoms with Crippen LogP contribution in [-0.4, -0.2) is 60.9 Å². The van der Waals surface area contributed by atoms with Gasteiger partial charge in [-0.25, -0.2) is 4.79 Å². The number of nitrogens with zero attached hydrogens (tertiary/aromatic N) is 1. The topological polar surface area (TPSA) is 65.1 Å². The Balaban J connectivity index is 2.68. The summed E-state index contributed by atoms with van der Waals surface area (Å²) >= 11 is 0. The zero-order chi connectivity index (χ0) is 17.0. The first kappa shape index (κ1) is 18.9. The summed E-state index contributed by atoms with van der Waals surface area (Å²) in [5, 5.41) is 0. The van der Waals surface area contributed by atoms with Crippen LogP contribution in [0.2, 0.25) is 0 Å². The van der Waals surface area contributed by atoms with Gasteiger partial charge in [-0.3, -0.25) is 9.69 Å². The van der Waals surface area contributed by atoms with Crippen LogP contribution >= 0.6 is 0 Å². The van der Waals surface area contributed by atoms with Crippen molar-refractivity contribution in [2.24, 2.45) is 0 Å². The molecule has 1 aliphatic heterocycles. The summed E-state index contributed by atoms with van der Waals surface area (Å²) in [6, 6.07) is -0.573. The molecule has 0 N–H and O–H groups in total. The van der Waals surface area contributed by atoms with Crippen LogP contribution in [0.1, 0.15) is 47.5 Å². The van der Waals surface area contributed by atoms with Crippen LogP contribution in [0.15, 0.2) is 0 Å². The van der Waals surface area contributed by atoms with E-state index < -0.39 is 17.7 Å². The lowest BCUT2D eigenvalue weighted by Crippen LogP contribution is -2.54. The van der Waals surface area contributed by atoms with E-state index >= 15 is 0 Å². The van der Waals surface area contributed by atoms with Gasteiger partial charge in [0, 0.05) is 20.1 Å². The molecule has 0 bridgehead atoms. The molecule has 0 aromatic carbocycles. The van der Waals surface area contributed by atoms with E-state index in [9.17, 15) is 9.59 Å². The Hall–Kier alpha value is -1.14. The Labute approximate surface area is 133 Å². The van der Waals surface area contributed by atoms with E-state index in [1.54, 1.807) is 7.11 Å². The van der Waals surface area contributed by atoms with Crippen LogP contribution < -0.4 is 0 Å². The molecule has 1 amide bonds. The molecule has 1 fully saturated rings. The van der Waals surface area contributed by atoms with Gasteiger partial charge in [0.05, 0.1) is 18.8 Å². The zero-order valence-electron chi connectivity index (χ0n) is 14.6. The van der Waals surface area contributed by atoms with Gasteiger partial charge < -0.3 is 14.2 Å². The predicted molar refractivity (Wildman–Crippen MR) is 82.9 cm³/mol. The van der Waals surface area contributed by atoms with E-state index in [4.69, 9.17) is 14.2 Å². The summed E-state index contributed by atoms with van der Waals surface area (Å²) in [4.78, 5) is 26.2. The van der Waals surface area contributed by atoms with Gasteiger partial charge in [0.2, 0.25) is 0 Å². The van der Waals surface area contributed by atoms with Gasteiger partial charge >= 0.3 is 6.09 Å². The Kier molecular flexibility index (Phi) is 6.38. The fourth-order valence-corrected chi connectivity index (χ4v) is 2.10. The predicted octanol–water partition coefficient (Wildman–Crippen LogP) is 2.40. The molecule has 6 nitrogen and oxygen atoms in total.